The Hall–Kier alpha value is -1.48. The van der Waals surface area contributed by atoms with Gasteiger partial charge in [0.2, 0.25) is 5.91 Å². The van der Waals surface area contributed by atoms with Crippen LogP contribution in [0.1, 0.15) is 13.3 Å². The second kappa shape index (κ2) is 17.4. The molecule has 0 aliphatic carbocycles. The number of aliphatic hydroxyl groups is 10. The second-order valence-corrected chi connectivity index (χ2v) is 19.3. The summed E-state index contributed by atoms with van der Waals surface area (Å²) in [5, 5.41) is 116. The van der Waals surface area contributed by atoms with Gasteiger partial charge < -0.3 is 89.9 Å². The smallest absolute Gasteiger partial charge is 0.364 e. The Bertz CT molecular complexity index is 1080. The zero-order chi connectivity index (χ0) is 37.0. The van der Waals surface area contributed by atoms with Gasteiger partial charge in [-0.3, -0.25) is 4.79 Å². The van der Waals surface area contributed by atoms with E-state index in [1.54, 1.807) is 0 Å². The topological polar surface area (TPSA) is 324 Å². The van der Waals surface area contributed by atoms with Crippen molar-refractivity contribution in [3.8, 4) is 0 Å². The van der Waals surface area contributed by atoms with Crippen molar-refractivity contribution in [2.45, 2.75) is 137 Å². The summed E-state index contributed by atoms with van der Waals surface area (Å²) in [6.07, 6.45) is -25.6. The van der Waals surface area contributed by atoms with E-state index in [-0.39, 0.29) is 6.61 Å². The predicted octanol–water partition coefficient (Wildman–Crippen LogP) is -5.86. The molecule has 3 aliphatic rings. The second-order valence-electron chi connectivity index (χ2n) is 13.7. The first-order valence-corrected chi connectivity index (χ1v) is 19.5. The highest BCUT2D eigenvalue weighted by Gasteiger charge is 2.57. The van der Waals surface area contributed by atoms with E-state index in [2.05, 4.69) is 25.0 Å². The van der Waals surface area contributed by atoms with Gasteiger partial charge in [0.15, 0.2) is 12.6 Å². The van der Waals surface area contributed by atoms with Crippen molar-refractivity contribution in [3.05, 3.63) is 0 Å². The number of carbonyl (C=O) groups is 2. The Labute approximate surface area is 282 Å². The molecule has 3 saturated heterocycles. The van der Waals surface area contributed by atoms with Gasteiger partial charge in [0.25, 0.3) is 5.79 Å². The van der Waals surface area contributed by atoms with Crippen molar-refractivity contribution in [3.63, 3.8) is 0 Å². The number of ether oxygens (including phenoxy) is 6. The summed E-state index contributed by atoms with van der Waals surface area (Å²) >= 11 is 0. The fourth-order valence-electron chi connectivity index (χ4n) is 5.65. The van der Waals surface area contributed by atoms with Crippen molar-refractivity contribution in [2.24, 2.45) is 0 Å². The summed E-state index contributed by atoms with van der Waals surface area (Å²) in [7, 11) is -1.67. The molecule has 16 atom stereocenters. The molecule has 0 bridgehead atoms. The molecule has 20 nitrogen and oxygen atoms in total. The molecule has 0 unspecified atom stereocenters. The number of amides is 1. The van der Waals surface area contributed by atoms with Gasteiger partial charge >= 0.3 is 5.97 Å². The van der Waals surface area contributed by atoms with Gasteiger partial charge in [-0.15, -0.1) is 0 Å². The average Bonchev–Trinajstić information content (AvgIpc) is 3.02. The largest absolute Gasteiger partial charge is 0.477 e. The van der Waals surface area contributed by atoms with Gasteiger partial charge in [-0.2, -0.15) is 0 Å². The Kier molecular flexibility index (Phi) is 14.9. The van der Waals surface area contributed by atoms with Gasteiger partial charge in [-0.05, 0) is 6.04 Å². The fourth-order valence-corrected chi connectivity index (χ4v) is 6.38. The molecular formula is C28H51NO19Si. The molecule has 21 heteroatoms. The van der Waals surface area contributed by atoms with E-state index in [1.165, 1.54) is 0 Å². The Morgan fingerprint density at radius 2 is 1.55 bits per heavy atom. The molecule has 49 heavy (non-hydrogen) atoms. The van der Waals surface area contributed by atoms with Crippen molar-refractivity contribution < 1.29 is 94.2 Å². The monoisotopic (exact) mass is 733 g/mol. The highest BCUT2D eigenvalue weighted by Crippen LogP contribution is 2.36. The molecule has 0 aromatic rings. The van der Waals surface area contributed by atoms with E-state index in [1.807, 2.05) is 0 Å². The quantitative estimate of drug-likeness (QED) is 0.0697. The van der Waals surface area contributed by atoms with Crippen LogP contribution in [0.15, 0.2) is 0 Å². The zero-order valence-electron chi connectivity index (χ0n) is 27.6. The third-order valence-electron chi connectivity index (χ3n) is 8.58. The maximum Gasteiger partial charge on any atom is 0.364 e. The third-order valence-corrected chi connectivity index (χ3v) is 10.3. The third kappa shape index (κ3) is 10.1. The highest BCUT2D eigenvalue weighted by molar-refractivity contribution is 6.76. The number of hydrogen-bond acceptors (Lipinski definition) is 18. The van der Waals surface area contributed by atoms with Crippen LogP contribution in [0.3, 0.4) is 0 Å². The van der Waals surface area contributed by atoms with E-state index in [0.29, 0.717) is 6.04 Å². The Morgan fingerprint density at radius 1 is 0.918 bits per heavy atom. The lowest BCUT2D eigenvalue weighted by Gasteiger charge is -2.48. The van der Waals surface area contributed by atoms with Gasteiger partial charge in [0.05, 0.1) is 32.0 Å². The predicted molar refractivity (Wildman–Crippen MR) is 162 cm³/mol. The molecule has 3 rings (SSSR count). The van der Waals surface area contributed by atoms with Crippen LogP contribution in [-0.4, -0.2) is 200 Å². The van der Waals surface area contributed by atoms with Crippen LogP contribution in [0.2, 0.25) is 25.7 Å². The van der Waals surface area contributed by atoms with E-state index in [9.17, 15) is 65.8 Å². The zero-order valence-corrected chi connectivity index (χ0v) is 28.6. The van der Waals surface area contributed by atoms with Crippen LogP contribution in [0.4, 0.5) is 0 Å². The number of aliphatic carboxylic acids is 1. The van der Waals surface area contributed by atoms with Crippen LogP contribution in [-0.2, 0) is 38.0 Å². The number of hydrogen-bond donors (Lipinski definition) is 12. The van der Waals surface area contributed by atoms with Crippen LogP contribution in [0, 0.1) is 0 Å². The minimum atomic E-state index is -2.80. The first-order chi connectivity index (χ1) is 22.8. The molecule has 12 N–H and O–H groups in total. The van der Waals surface area contributed by atoms with E-state index >= 15 is 0 Å². The maximum atomic E-state index is 12.6. The van der Waals surface area contributed by atoms with Gasteiger partial charge in [-0.25, -0.2) is 4.79 Å². The molecule has 0 saturated carbocycles. The highest BCUT2D eigenvalue weighted by atomic mass is 28.3. The molecule has 0 spiro atoms. The van der Waals surface area contributed by atoms with Gasteiger partial charge in [0, 0.05) is 28.0 Å². The van der Waals surface area contributed by atoms with Crippen molar-refractivity contribution >= 4 is 20.0 Å². The SMILES string of the molecule is CC(=O)N[C@H]1[C@H]([C@H](O)[C@H](O)CO)O[C@@](OC[C@H]2O[C@@H](OCC[Si](C)(C)C)[C@H](O)[C@@H](O[C@@H]3O[C@H](CO)[C@H](O)[C@H](O)[C@H]3O)[C@H]2O)(C(=O)O)C[C@@H]1O. The van der Waals surface area contributed by atoms with Crippen LogP contribution in [0.5, 0.6) is 0 Å². The van der Waals surface area contributed by atoms with Gasteiger partial charge in [-0.1, -0.05) is 19.6 Å². The average molecular weight is 734 g/mol. The normalized spacial score (nSPS) is 41.6. The van der Waals surface area contributed by atoms with Crippen LogP contribution >= 0.6 is 0 Å². The van der Waals surface area contributed by atoms with Crippen molar-refractivity contribution in [1.29, 1.82) is 0 Å². The van der Waals surface area contributed by atoms with Crippen LogP contribution < -0.4 is 5.32 Å². The standard InChI is InChI=1S/C28H51NO19Si/c1-11(32)29-16-12(33)7-28(27(41)42,48-23(16)17(35)13(34)8-30)44-10-15-19(37)24(22(40)25(46-15)43-5-6-49(2,3)4)47-26-21(39)20(38)18(36)14(9-31)45-26/h12-26,30-31,33-40H,5-10H2,1-4H3,(H,29,32)(H,41,42)/t12-,13+,14+,15+,16+,17+,18-,19-,20-,21+,22+,23+,24-,25+,26-,28+/m0/s1. The number of carboxylic acids is 1. The summed E-state index contributed by atoms with van der Waals surface area (Å²) in [5.74, 6) is -5.32. The summed E-state index contributed by atoms with van der Waals surface area (Å²) in [4.78, 5) is 24.4. The molecule has 3 heterocycles. The molecule has 3 aliphatic heterocycles. The molecule has 286 valence electrons. The van der Waals surface area contributed by atoms with Gasteiger partial charge in [0.1, 0.15) is 67.1 Å². The molecular weight excluding hydrogens is 682 g/mol. The Morgan fingerprint density at radius 3 is 2.10 bits per heavy atom. The molecule has 0 radical (unpaired) electrons. The summed E-state index contributed by atoms with van der Waals surface area (Å²) < 4.78 is 33.8. The lowest BCUT2D eigenvalue weighted by molar-refractivity contribution is -0.367. The van der Waals surface area contributed by atoms with Crippen molar-refractivity contribution in [2.75, 3.05) is 26.4 Å². The number of aliphatic hydroxyl groups excluding tert-OH is 10. The minimum absolute atomic E-state index is 0.0829. The lowest BCUT2D eigenvalue weighted by Crippen LogP contribution is -2.68. The first kappa shape index (κ1) is 41.9. The molecule has 3 fully saturated rings. The number of nitrogens with one attached hydrogen (secondary N) is 1. The molecule has 0 aromatic carbocycles. The molecule has 1 amide bonds. The van der Waals surface area contributed by atoms with E-state index in [4.69, 9.17) is 28.4 Å². The van der Waals surface area contributed by atoms with E-state index < -0.39 is 144 Å². The number of carboxylic acid groups (broad SMARTS) is 1. The summed E-state index contributed by atoms with van der Waals surface area (Å²) in [6.45, 7) is 4.68. The van der Waals surface area contributed by atoms with Crippen molar-refractivity contribution in [1.82, 2.24) is 5.32 Å². The summed E-state index contributed by atoms with van der Waals surface area (Å²) in [5.41, 5.74) is 0. The summed E-state index contributed by atoms with van der Waals surface area (Å²) in [6, 6.07) is -0.856. The lowest BCUT2D eigenvalue weighted by atomic mass is 9.88. The fraction of sp³-hybridized carbons (Fsp3) is 0.929. The van der Waals surface area contributed by atoms with Crippen LogP contribution in [0.25, 0.3) is 0 Å². The minimum Gasteiger partial charge on any atom is -0.477 e. The maximum absolute atomic E-state index is 12.6. The Balaban J connectivity index is 1.89. The number of carbonyl (C=O) groups excluding carboxylic acids is 1. The first-order valence-electron chi connectivity index (χ1n) is 15.8. The molecule has 0 aromatic heterocycles. The van der Waals surface area contributed by atoms with E-state index in [0.717, 1.165) is 6.92 Å². The number of rotatable bonds is 15.